The maximum absolute atomic E-state index is 11.8. The monoisotopic (exact) mass is 387 g/mol. The first kappa shape index (κ1) is 19.3. The predicted molar refractivity (Wildman–Crippen MR) is 109 cm³/mol. The molecule has 0 aliphatic carbocycles. The molecule has 2 rings (SSSR count). The number of nitrogens with one attached hydrogen (secondary N) is 5. The van der Waals surface area contributed by atoms with Gasteiger partial charge in [0.15, 0.2) is 10.2 Å². The van der Waals surface area contributed by atoms with Crippen LogP contribution in [-0.2, 0) is 9.59 Å². The number of anilines is 2. The summed E-state index contributed by atoms with van der Waals surface area (Å²) in [6, 6.07) is 18.3. The maximum atomic E-state index is 11.8. The summed E-state index contributed by atoms with van der Waals surface area (Å²) in [6.07, 6.45) is -0.405. The van der Waals surface area contributed by atoms with E-state index in [0.29, 0.717) is 0 Å². The van der Waals surface area contributed by atoms with Gasteiger partial charge in [0.1, 0.15) is 6.42 Å². The Bertz CT molecular complexity index is 784. The molecule has 0 radical (unpaired) electrons. The lowest BCUT2D eigenvalue weighted by Gasteiger charge is -2.12. The van der Waals surface area contributed by atoms with Crippen LogP contribution in [0, 0.1) is 0 Å². The van der Waals surface area contributed by atoms with Gasteiger partial charge in [-0.05, 0) is 48.7 Å². The summed E-state index contributed by atoms with van der Waals surface area (Å²) < 4.78 is 0. The number of carbonyl (C=O) groups is 2. The van der Waals surface area contributed by atoms with Crippen molar-refractivity contribution in [1.82, 2.24) is 16.2 Å². The van der Waals surface area contributed by atoms with Crippen molar-refractivity contribution < 1.29 is 9.59 Å². The molecule has 0 unspecified atom stereocenters. The van der Waals surface area contributed by atoms with Crippen LogP contribution in [0.5, 0.6) is 0 Å². The third-order valence-corrected chi connectivity index (χ3v) is 3.36. The maximum Gasteiger partial charge on any atom is 0.247 e. The van der Waals surface area contributed by atoms with Crippen molar-refractivity contribution in [2.75, 3.05) is 10.6 Å². The lowest BCUT2D eigenvalue weighted by molar-refractivity contribution is -0.128. The van der Waals surface area contributed by atoms with Gasteiger partial charge in [0.2, 0.25) is 11.8 Å². The zero-order chi connectivity index (χ0) is 18.8. The van der Waals surface area contributed by atoms with Crippen molar-refractivity contribution in [2.24, 2.45) is 0 Å². The van der Waals surface area contributed by atoms with Crippen LogP contribution in [-0.4, -0.2) is 22.0 Å². The van der Waals surface area contributed by atoms with Gasteiger partial charge < -0.3 is 16.0 Å². The molecular weight excluding hydrogens is 370 g/mol. The largest absolute Gasteiger partial charge is 0.332 e. The number of hydrazine groups is 1. The van der Waals surface area contributed by atoms with E-state index in [4.69, 9.17) is 24.4 Å². The van der Waals surface area contributed by atoms with Gasteiger partial charge in [0.05, 0.1) is 0 Å². The van der Waals surface area contributed by atoms with Crippen molar-refractivity contribution in [1.29, 1.82) is 0 Å². The van der Waals surface area contributed by atoms with Gasteiger partial charge >= 0.3 is 0 Å². The Kier molecular flexibility index (Phi) is 7.47. The highest BCUT2D eigenvalue weighted by molar-refractivity contribution is 7.80. The second-order valence-corrected chi connectivity index (χ2v) is 5.85. The number of hydrogen-bond acceptors (Lipinski definition) is 4. The molecule has 0 spiro atoms. The summed E-state index contributed by atoms with van der Waals surface area (Å²) in [5.41, 5.74) is 6.37. The average molecular weight is 387 g/mol. The molecule has 0 aromatic heterocycles. The molecule has 0 saturated heterocycles. The van der Waals surface area contributed by atoms with Gasteiger partial charge in [-0.15, -0.1) is 0 Å². The van der Waals surface area contributed by atoms with Gasteiger partial charge in [0, 0.05) is 11.4 Å². The molecule has 134 valence electrons. The summed E-state index contributed by atoms with van der Waals surface area (Å²) in [4.78, 5) is 23.6. The summed E-state index contributed by atoms with van der Waals surface area (Å²) in [5.74, 6) is -1.10. The Hall–Kier alpha value is -3.04. The zero-order valence-electron chi connectivity index (χ0n) is 13.6. The number of benzene rings is 2. The molecule has 0 aliphatic heterocycles. The van der Waals surface area contributed by atoms with Crippen LogP contribution < -0.4 is 26.8 Å². The van der Waals surface area contributed by atoms with Crippen LogP contribution in [0.1, 0.15) is 6.42 Å². The highest BCUT2D eigenvalue weighted by Gasteiger charge is 2.11. The highest BCUT2D eigenvalue weighted by atomic mass is 32.1. The van der Waals surface area contributed by atoms with Crippen LogP contribution in [0.25, 0.3) is 0 Å². The van der Waals surface area contributed by atoms with Gasteiger partial charge in [0.25, 0.3) is 0 Å². The first-order chi connectivity index (χ1) is 12.5. The molecule has 7 nitrogen and oxygen atoms in total. The van der Waals surface area contributed by atoms with Crippen molar-refractivity contribution in [3.8, 4) is 0 Å². The van der Waals surface area contributed by atoms with E-state index in [1.54, 1.807) is 12.1 Å². The Morgan fingerprint density at radius 2 is 1.19 bits per heavy atom. The summed E-state index contributed by atoms with van der Waals surface area (Å²) in [5, 5.41) is 8.47. The van der Waals surface area contributed by atoms with Crippen LogP contribution >= 0.6 is 24.4 Å². The quantitative estimate of drug-likeness (QED) is 0.311. The first-order valence-electron chi connectivity index (χ1n) is 7.59. The van der Waals surface area contributed by atoms with Crippen molar-refractivity contribution >= 4 is 57.8 Å². The molecule has 2 aromatic carbocycles. The molecule has 0 heterocycles. The van der Waals surface area contributed by atoms with E-state index in [2.05, 4.69) is 26.8 Å². The zero-order valence-corrected chi connectivity index (χ0v) is 15.2. The Morgan fingerprint density at radius 1 is 0.692 bits per heavy atom. The minimum Gasteiger partial charge on any atom is -0.332 e. The fourth-order valence-corrected chi connectivity index (χ4v) is 2.26. The van der Waals surface area contributed by atoms with Crippen molar-refractivity contribution in [3.05, 3.63) is 60.7 Å². The van der Waals surface area contributed by atoms with Crippen LogP contribution in [0.3, 0.4) is 0 Å². The summed E-state index contributed by atoms with van der Waals surface area (Å²) in [6.45, 7) is 0. The molecule has 5 N–H and O–H groups in total. The average Bonchev–Trinajstić information content (AvgIpc) is 2.61. The second-order valence-electron chi connectivity index (χ2n) is 5.04. The molecule has 2 amide bonds. The minimum absolute atomic E-state index is 0.114. The third kappa shape index (κ3) is 7.24. The Morgan fingerprint density at radius 3 is 1.73 bits per heavy atom. The molecule has 2 aromatic rings. The van der Waals surface area contributed by atoms with Gasteiger partial charge in [-0.25, -0.2) is 0 Å². The fourth-order valence-electron chi connectivity index (χ4n) is 1.85. The molecule has 0 atom stereocenters. The molecule has 0 saturated carbocycles. The van der Waals surface area contributed by atoms with E-state index in [1.807, 2.05) is 48.5 Å². The van der Waals surface area contributed by atoms with E-state index in [1.165, 1.54) is 0 Å². The number of hydrogen-bond donors (Lipinski definition) is 5. The van der Waals surface area contributed by atoms with E-state index < -0.39 is 18.2 Å². The fraction of sp³-hybridized carbons (Fsp3) is 0.0588. The Balaban J connectivity index is 1.67. The van der Waals surface area contributed by atoms with Crippen molar-refractivity contribution in [2.45, 2.75) is 6.42 Å². The standard InChI is InChI=1S/C17H17N5O2S2/c23-14(20-16(25)18-12-7-3-1-4-8-12)11-15(24)21-22-17(26)19-13-9-5-2-6-10-13/h1-10H,11H2,(H,21,24)(H2,19,22,26)(H2,18,20,23,25). The first-order valence-corrected chi connectivity index (χ1v) is 8.41. The molecule has 26 heavy (non-hydrogen) atoms. The van der Waals surface area contributed by atoms with E-state index in [9.17, 15) is 9.59 Å². The third-order valence-electron chi connectivity index (χ3n) is 2.95. The highest BCUT2D eigenvalue weighted by Crippen LogP contribution is 2.05. The number of para-hydroxylation sites is 2. The van der Waals surface area contributed by atoms with Gasteiger partial charge in [-0.2, -0.15) is 0 Å². The number of thiocarbonyl (C=S) groups is 2. The molecule has 0 fully saturated rings. The van der Waals surface area contributed by atoms with Crippen LogP contribution in [0.2, 0.25) is 0 Å². The van der Waals surface area contributed by atoms with E-state index >= 15 is 0 Å². The van der Waals surface area contributed by atoms with Crippen molar-refractivity contribution in [3.63, 3.8) is 0 Å². The molecule has 9 heteroatoms. The topological polar surface area (TPSA) is 94.3 Å². The smallest absolute Gasteiger partial charge is 0.247 e. The number of carbonyl (C=O) groups excluding carboxylic acids is 2. The molecular formula is C17H17N5O2S2. The normalized spacial score (nSPS) is 9.54. The second kappa shape index (κ2) is 10.1. The van der Waals surface area contributed by atoms with Gasteiger partial charge in [-0.1, -0.05) is 36.4 Å². The van der Waals surface area contributed by atoms with Crippen LogP contribution in [0.4, 0.5) is 11.4 Å². The van der Waals surface area contributed by atoms with E-state index in [-0.39, 0.29) is 10.2 Å². The lowest BCUT2D eigenvalue weighted by Crippen LogP contribution is -2.46. The SMILES string of the molecule is O=C(CC(=O)NC(=S)Nc1ccccc1)NNC(=S)Nc1ccccc1. The number of amides is 2. The minimum atomic E-state index is -0.553. The number of rotatable bonds is 4. The molecule has 0 bridgehead atoms. The molecule has 0 aliphatic rings. The summed E-state index contributed by atoms with van der Waals surface area (Å²) in [7, 11) is 0. The summed E-state index contributed by atoms with van der Waals surface area (Å²) >= 11 is 10.1. The van der Waals surface area contributed by atoms with Crippen LogP contribution in [0.15, 0.2) is 60.7 Å². The Labute approximate surface area is 161 Å². The lowest BCUT2D eigenvalue weighted by atomic mass is 10.3. The van der Waals surface area contributed by atoms with E-state index in [0.717, 1.165) is 11.4 Å². The van der Waals surface area contributed by atoms with Gasteiger partial charge in [-0.3, -0.25) is 20.4 Å². The predicted octanol–water partition coefficient (Wildman–Crippen LogP) is 1.91.